The van der Waals surface area contributed by atoms with Crippen LogP contribution in [0.15, 0.2) is 30.5 Å². The van der Waals surface area contributed by atoms with Crippen molar-refractivity contribution in [2.75, 3.05) is 16.8 Å². The van der Waals surface area contributed by atoms with E-state index in [1.807, 2.05) is 24.3 Å². The van der Waals surface area contributed by atoms with Crippen LogP contribution in [0.2, 0.25) is 0 Å². The van der Waals surface area contributed by atoms with Gasteiger partial charge in [0, 0.05) is 19.2 Å². The number of fused-ring (bicyclic) bond motifs is 1. The lowest BCUT2D eigenvalue weighted by Crippen LogP contribution is -2.32. The van der Waals surface area contributed by atoms with Crippen molar-refractivity contribution in [2.24, 2.45) is 0 Å². The summed E-state index contributed by atoms with van der Waals surface area (Å²) in [7, 11) is 0. The highest BCUT2D eigenvalue weighted by molar-refractivity contribution is 5.95. The Morgan fingerprint density at radius 2 is 2.14 bits per heavy atom. The molecule has 1 aromatic carbocycles. The van der Waals surface area contributed by atoms with E-state index < -0.39 is 0 Å². The lowest BCUT2D eigenvalue weighted by Gasteiger charge is -2.16. The number of carbonyl (C=O) groups is 2. The molecule has 108 valence electrons. The fourth-order valence-electron chi connectivity index (χ4n) is 2.43. The first kappa shape index (κ1) is 13.3. The molecule has 0 bridgehead atoms. The highest BCUT2D eigenvalue weighted by Gasteiger charge is 2.24. The average molecular weight is 285 g/mol. The van der Waals surface area contributed by atoms with E-state index in [1.54, 1.807) is 11.1 Å². The Hall–Kier alpha value is -2.70. The number of amides is 2. The maximum absolute atomic E-state index is 12.4. The van der Waals surface area contributed by atoms with Crippen LogP contribution in [0.4, 0.5) is 11.5 Å². The zero-order valence-electron chi connectivity index (χ0n) is 11.6. The van der Waals surface area contributed by atoms with Gasteiger partial charge in [0.25, 0.3) is 0 Å². The molecule has 0 unspecified atom stereocenters. The molecule has 0 saturated heterocycles. The van der Waals surface area contributed by atoms with E-state index >= 15 is 0 Å². The summed E-state index contributed by atoms with van der Waals surface area (Å²) < 4.78 is 1.43. The highest BCUT2D eigenvalue weighted by atomic mass is 16.2. The lowest BCUT2D eigenvalue weighted by molar-refractivity contribution is -0.119. The van der Waals surface area contributed by atoms with Gasteiger partial charge in [-0.3, -0.25) is 9.59 Å². The molecule has 2 heterocycles. The predicted octanol–water partition coefficient (Wildman–Crippen LogP) is 0.826. The van der Waals surface area contributed by atoms with Crippen LogP contribution < -0.4 is 10.2 Å². The molecular formula is C14H15N5O2. The van der Waals surface area contributed by atoms with Gasteiger partial charge in [0.2, 0.25) is 11.8 Å². The van der Waals surface area contributed by atoms with E-state index in [9.17, 15) is 9.59 Å². The third kappa shape index (κ3) is 2.76. The molecule has 3 rings (SSSR count). The number of para-hydroxylation sites is 1. The van der Waals surface area contributed by atoms with Gasteiger partial charge in [0.15, 0.2) is 5.82 Å². The summed E-state index contributed by atoms with van der Waals surface area (Å²) in [6.45, 7) is 2.18. The van der Waals surface area contributed by atoms with Crippen molar-refractivity contribution in [1.82, 2.24) is 15.0 Å². The number of benzene rings is 1. The second-order valence-electron chi connectivity index (χ2n) is 4.91. The summed E-state index contributed by atoms with van der Waals surface area (Å²) in [5, 5.41) is 10.2. The molecule has 21 heavy (non-hydrogen) atoms. The van der Waals surface area contributed by atoms with E-state index in [0.29, 0.717) is 12.4 Å². The second-order valence-corrected chi connectivity index (χ2v) is 4.91. The summed E-state index contributed by atoms with van der Waals surface area (Å²) in [6, 6.07) is 7.88. The molecule has 0 radical (unpaired) electrons. The zero-order chi connectivity index (χ0) is 14.8. The number of nitrogens with one attached hydrogen (secondary N) is 1. The average Bonchev–Trinajstić information content (AvgIpc) is 3.04. The Balaban J connectivity index is 1.70. The minimum Gasteiger partial charge on any atom is -0.310 e. The van der Waals surface area contributed by atoms with Crippen molar-refractivity contribution in [3.05, 3.63) is 36.0 Å². The lowest BCUT2D eigenvalue weighted by atomic mass is 10.2. The van der Waals surface area contributed by atoms with Crippen molar-refractivity contribution >= 4 is 23.3 Å². The first-order valence-corrected chi connectivity index (χ1v) is 6.69. The molecule has 0 atom stereocenters. The fourth-order valence-corrected chi connectivity index (χ4v) is 2.43. The van der Waals surface area contributed by atoms with E-state index in [4.69, 9.17) is 0 Å². The quantitative estimate of drug-likeness (QED) is 0.905. The Morgan fingerprint density at radius 3 is 2.95 bits per heavy atom. The summed E-state index contributed by atoms with van der Waals surface area (Å²) in [6.07, 6.45) is 2.41. The summed E-state index contributed by atoms with van der Waals surface area (Å²) in [5.74, 6) is 0.0817. The van der Waals surface area contributed by atoms with Gasteiger partial charge < -0.3 is 10.2 Å². The van der Waals surface area contributed by atoms with Crippen LogP contribution in [0.25, 0.3) is 0 Å². The minimum atomic E-state index is -0.221. The third-order valence-electron chi connectivity index (χ3n) is 3.33. The summed E-state index contributed by atoms with van der Waals surface area (Å²) in [4.78, 5) is 25.0. The van der Waals surface area contributed by atoms with Gasteiger partial charge in [-0.25, -0.2) is 4.68 Å². The largest absolute Gasteiger partial charge is 0.310 e. The van der Waals surface area contributed by atoms with Crippen molar-refractivity contribution in [3.8, 4) is 0 Å². The number of hydrogen-bond donors (Lipinski definition) is 1. The molecule has 2 aromatic rings. The molecule has 1 aromatic heterocycles. The SMILES string of the molecule is CC(=O)Nc1cn(CC(=O)N2CCc3ccccc32)nn1. The van der Waals surface area contributed by atoms with Gasteiger partial charge in [-0.05, 0) is 18.1 Å². The molecule has 1 aliphatic rings. The zero-order valence-corrected chi connectivity index (χ0v) is 11.6. The Kier molecular flexibility index (Phi) is 3.39. The number of aromatic nitrogens is 3. The second kappa shape index (κ2) is 5.35. The maximum atomic E-state index is 12.4. The van der Waals surface area contributed by atoms with Crippen LogP contribution in [-0.4, -0.2) is 33.4 Å². The van der Waals surface area contributed by atoms with Crippen LogP contribution >= 0.6 is 0 Å². The Morgan fingerprint density at radius 1 is 1.33 bits per heavy atom. The smallest absolute Gasteiger partial charge is 0.248 e. The van der Waals surface area contributed by atoms with E-state index in [2.05, 4.69) is 15.6 Å². The van der Waals surface area contributed by atoms with E-state index in [0.717, 1.165) is 12.1 Å². The standard InChI is InChI=1S/C14H15N5O2/c1-10(20)15-13-8-18(17-16-13)9-14(21)19-7-6-11-4-2-3-5-12(11)19/h2-5,8H,6-7,9H2,1H3,(H,15,20). The molecule has 2 amide bonds. The Bertz CT molecular complexity index is 694. The first-order valence-electron chi connectivity index (χ1n) is 6.69. The van der Waals surface area contributed by atoms with Gasteiger partial charge in [-0.15, -0.1) is 5.10 Å². The number of hydrogen-bond acceptors (Lipinski definition) is 4. The van der Waals surface area contributed by atoms with Crippen molar-refractivity contribution in [3.63, 3.8) is 0 Å². The van der Waals surface area contributed by atoms with Crippen LogP contribution in [0, 0.1) is 0 Å². The minimum absolute atomic E-state index is 0.0424. The van der Waals surface area contributed by atoms with Crippen LogP contribution in [-0.2, 0) is 22.6 Å². The highest BCUT2D eigenvalue weighted by Crippen LogP contribution is 2.27. The van der Waals surface area contributed by atoms with Crippen LogP contribution in [0.1, 0.15) is 12.5 Å². The number of carbonyl (C=O) groups excluding carboxylic acids is 2. The topological polar surface area (TPSA) is 80.1 Å². The van der Waals surface area contributed by atoms with Crippen LogP contribution in [0.3, 0.4) is 0 Å². The molecule has 0 aliphatic carbocycles. The predicted molar refractivity (Wildman–Crippen MR) is 76.8 cm³/mol. The molecule has 7 heteroatoms. The monoisotopic (exact) mass is 285 g/mol. The van der Waals surface area contributed by atoms with Crippen molar-refractivity contribution in [1.29, 1.82) is 0 Å². The maximum Gasteiger partial charge on any atom is 0.248 e. The van der Waals surface area contributed by atoms with Crippen molar-refractivity contribution in [2.45, 2.75) is 19.9 Å². The molecule has 1 N–H and O–H groups in total. The van der Waals surface area contributed by atoms with Gasteiger partial charge >= 0.3 is 0 Å². The molecule has 0 fully saturated rings. The van der Waals surface area contributed by atoms with Crippen molar-refractivity contribution < 1.29 is 9.59 Å². The van der Waals surface area contributed by atoms with E-state index in [-0.39, 0.29) is 18.4 Å². The van der Waals surface area contributed by atoms with Gasteiger partial charge in [-0.1, -0.05) is 23.4 Å². The summed E-state index contributed by atoms with van der Waals surface area (Å²) in [5.41, 5.74) is 2.15. The number of anilines is 2. The third-order valence-corrected chi connectivity index (χ3v) is 3.33. The molecule has 1 aliphatic heterocycles. The molecular weight excluding hydrogens is 270 g/mol. The normalized spacial score (nSPS) is 13.1. The summed E-state index contributed by atoms with van der Waals surface area (Å²) >= 11 is 0. The van der Waals surface area contributed by atoms with Crippen LogP contribution in [0.5, 0.6) is 0 Å². The fraction of sp³-hybridized carbons (Fsp3) is 0.286. The molecule has 0 saturated carbocycles. The van der Waals surface area contributed by atoms with Gasteiger partial charge in [-0.2, -0.15) is 0 Å². The van der Waals surface area contributed by atoms with Gasteiger partial charge in [0.05, 0.1) is 6.20 Å². The Labute approximate surface area is 121 Å². The first-order chi connectivity index (χ1) is 10.1. The number of nitrogens with zero attached hydrogens (tertiary/aromatic N) is 4. The van der Waals surface area contributed by atoms with Gasteiger partial charge in [0.1, 0.15) is 6.54 Å². The number of rotatable bonds is 3. The molecule has 0 spiro atoms. The molecule has 7 nitrogen and oxygen atoms in total. The van der Waals surface area contributed by atoms with E-state index in [1.165, 1.54) is 17.2 Å².